The highest BCUT2D eigenvalue weighted by atomic mass is 35.5. The zero-order valence-electron chi connectivity index (χ0n) is 12.0. The van der Waals surface area contributed by atoms with Crippen LogP contribution in [-0.2, 0) is 11.3 Å². The number of nitrogens with two attached hydrogens (primary N) is 1. The predicted octanol–water partition coefficient (Wildman–Crippen LogP) is 1.62. The number of hydrogen-bond donors (Lipinski definition) is 2. The summed E-state index contributed by atoms with van der Waals surface area (Å²) in [5, 5.41) is 6.97. The zero-order valence-corrected chi connectivity index (χ0v) is 12.8. The van der Waals surface area contributed by atoms with Gasteiger partial charge in [0.15, 0.2) is 0 Å². The van der Waals surface area contributed by atoms with Crippen LogP contribution in [0.15, 0.2) is 11.0 Å². The lowest BCUT2D eigenvalue weighted by molar-refractivity contribution is -0.119. The molecular formula is C13H21ClN4O2. The van der Waals surface area contributed by atoms with Crippen molar-refractivity contribution in [2.24, 2.45) is 11.7 Å². The number of rotatable bonds is 7. The van der Waals surface area contributed by atoms with Gasteiger partial charge in [0.25, 0.3) is 5.56 Å². The highest BCUT2D eigenvalue weighted by Crippen LogP contribution is 2.18. The summed E-state index contributed by atoms with van der Waals surface area (Å²) in [5.41, 5.74) is 5.29. The smallest absolute Gasteiger partial charge is 0.287 e. The number of aryl methyl sites for hydroxylation is 1. The van der Waals surface area contributed by atoms with Gasteiger partial charge in [0.1, 0.15) is 11.1 Å². The van der Waals surface area contributed by atoms with Crippen LogP contribution < -0.4 is 16.6 Å². The standard InChI is InChI=1S/C13H21ClN4O2/c1-4-5-6-18-13(20)10(14)9(7-16-18)17-11(8(2)3)12(15)19/h7-8,11,17H,4-6H2,1-3H3,(H2,15,19). The molecule has 0 fully saturated rings. The van der Waals surface area contributed by atoms with Gasteiger partial charge in [-0.2, -0.15) is 5.10 Å². The second-order valence-electron chi connectivity index (χ2n) is 5.02. The van der Waals surface area contributed by atoms with Crippen LogP contribution in [-0.4, -0.2) is 21.7 Å². The highest BCUT2D eigenvalue weighted by molar-refractivity contribution is 6.33. The lowest BCUT2D eigenvalue weighted by Crippen LogP contribution is -2.40. The van der Waals surface area contributed by atoms with Crippen molar-refractivity contribution in [3.05, 3.63) is 21.6 Å². The van der Waals surface area contributed by atoms with E-state index in [0.717, 1.165) is 12.8 Å². The van der Waals surface area contributed by atoms with Gasteiger partial charge in [-0.05, 0) is 12.3 Å². The van der Waals surface area contributed by atoms with Gasteiger partial charge in [-0.3, -0.25) is 9.59 Å². The molecule has 1 rings (SSSR count). The summed E-state index contributed by atoms with van der Waals surface area (Å²) >= 11 is 6.04. The Morgan fingerprint density at radius 3 is 2.70 bits per heavy atom. The van der Waals surface area contributed by atoms with Crippen molar-refractivity contribution >= 4 is 23.2 Å². The number of carbonyl (C=O) groups is 1. The maximum Gasteiger partial charge on any atom is 0.287 e. The third kappa shape index (κ3) is 3.96. The lowest BCUT2D eigenvalue weighted by atomic mass is 10.0. The molecule has 0 aliphatic heterocycles. The number of carbonyl (C=O) groups excluding carboxylic acids is 1. The quantitative estimate of drug-likeness (QED) is 0.800. The maximum atomic E-state index is 12.0. The van der Waals surface area contributed by atoms with Crippen molar-refractivity contribution in [2.45, 2.75) is 46.2 Å². The summed E-state index contributed by atoms with van der Waals surface area (Å²) in [6.45, 7) is 6.26. The summed E-state index contributed by atoms with van der Waals surface area (Å²) in [4.78, 5) is 23.4. The molecule has 1 aromatic heterocycles. The number of anilines is 1. The van der Waals surface area contributed by atoms with E-state index in [9.17, 15) is 9.59 Å². The Balaban J connectivity index is 3.00. The Hall–Kier alpha value is -1.56. The Morgan fingerprint density at radius 2 is 2.20 bits per heavy atom. The Bertz CT molecular complexity index is 528. The second kappa shape index (κ2) is 7.28. The number of nitrogens with one attached hydrogen (secondary N) is 1. The van der Waals surface area contributed by atoms with Gasteiger partial charge in [0.2, 0.25) is 5.91 Å². The topological polar surface area (TPSA) is 90.0 Å². The van der Waals surface area contributed by atoms with E-state index in [1.807, 2.05) is 20.8 Å². The fourth-order valence-corrected chi connectivity index (χ4v) is 1.97. The van der Waals surface area contributed by atoms with E-state index in [0.29, 0.717) is 12.2 Å². The molecule has 1 unspecified atom stereocenters. The van der Waals surface area contributed by atoms with Gasteiger partial charge in [-0.1, -0.05) is 38.8 Å². The molecule has 7 heteroatoms. The van der Waals surface area contributed by atoms with Crippen molar-refractivity contribution in [3.8, 4) is 0 Å². The molecule has 0 saturated carbocycles. The third-order valence-electron chi connectivity index (χ3n) is 2.99. The molecule has 0 spiro atoms. The largest absolute Gasteiger partial charge is 0.371 e. The monoisotopic (exact) mass is 300 g/mol. The molecule has 0 bridgehead atoms. The minimum atomic E-state index is -0.597. The Kier molecular flexibility index (Phi) is 6.01. The fraction of sp³-hybridized carbons (Fsp3) is 0.615. The number of nitrogens with zero attached hydrogens (tertiary/aromatic N) is 2. The molecule has 6 nitrogen and oxygen atoms in total. The van der Waals surface area contributed by atoms with Crippen molar-refractivity contribution in [2.75, 3.05) is 5.32 Å². The maximum absolute atomic E-state index is 12.0. The third-order valence-corrected chi connectivity index (χ3v) is 3.36. The Labute approximate surface area is 123 Å². The summed E-state index contributed by atoms with van der Waals surface area (Å²) in [7, 11) is 0. The molecule has 1 aromatic rings. The fourth-order valence-electron chi connectivity index (χ4n) is 1.77. The predicted molar refractivity (Wildman–Crippen MR) is 79.9 cm³/mol. The summed E-state index contributed by atoms with van der Waals surface area (Å²) in [6.07, 6.45) is 3.27. The van der Waals surface area contributed by atoms with Gasteiger partial charge in [-0.15, -0.1) is 0 Å². The van der Waals surface area contributed by atoms with Crippen LogP contribution in [0.4, 0.5) is 5.69 Å². The van der Waals surface area contributed by atoms with Crippen molar-refractivity contribution in [1.29, 1.82) is 0 Å². The van der Waals surface area contributed by atoms with Crippen LogP contribution in [0.25, 0.3) is 0 Å². The number of halogens is 1. The number of hydrogen-bond acceptors (Lipinski definition) is 4. The summed E-state index contributed by atoms with van der Waals surface area (Å²) < 4.78 is 1.33. The summed E-state index contributed by atoms with van der Waals surface area (Å²) in [5.74, 6) is -0.516. The van der Waals surface area contributed by atoms with Crippen LogP contribution in [0.2, 0.25) is 5.02 Å². The van der Waals surface area contributed by atoms with Gasteiger partial charge in [0, 0.05) is 6.54 Å². The SMILES string of the molecule is CCCCn1ncc(NC(C(N)=O)C(C)C)c(Cl)c1=O. The van der Waals surface area contributed by atoms with Crippen LogP contribution >= 0.6 is 11.6 Å². The number of primary amides is 1. The van der Waals surface area contributed by atoms with Gasteiger partial charge < -0.3 is 11.1 Å². The minimum absolute atomic E-state index is 0.0221. The molecule has 0 aromatic carbocycles. The van der Waals surface area contributed by atoms with E-state index < -0.39 is 11.9 Å². The average molecular weight is 301 g/mol. The molecule has 1 amide bonds. The lowest BCUT2D eigenvalue weighted by Gasteiger charge is -2.20. The zero-order chi connectivity index (χ0) is 15.3. The summed E-state index contributed by atoms with van der Waals surface area (Å²) in [6, 6.07) is -0.597. The molecule has 1 heterocycles. The first-order valence-corrected chi connectivity index (χ1v) is 7.07. The normalized spacial score (nSPS) is 12.4. The van der Waals surface area contributed by atoms with Crippen LogP contribution in [0, 0.1) is 5.92 Å². The van der Waals surface area contributed by atoms with Crippen LogP contribution in [0.1, 0.15) is 33.6 Å². The van der Waals surface area contributed by atoms with E-state index in [-0.39, 0.29) is 16.5 Å². The molecule has 1 atom stereocenters. The van der Waals surface area contributed by atoms with E-state index in [4.69, 9.17) is 17.3 Å². The van der Waals surface area contributed by atoms with Crippen LogP contribution in [0.3, 0.4) is 0 Å². The van der Waals surface area contributed by atoms with Crippen molar-refractivity contribution in [3.63, 3.8) is 0 Å². The highest BCUT2D eigenvalue weighted by Gasteiger charge is 2.21. The molecular weight excluding hydrogens is 280 g/mol. The van der Waals surface area contributed by atoms with E-state index in [1.165, 1.54) is 10.9 Å². The minimum Gasteiger partial charge on any atom is -0.371 e. The van der Waals surface area contributed by atoms with E-state index in [2.05, 4.69) is 10.4 Å². The molecule has 0 saturated heterocycles. The number of aromatic nitrogens is 2. The molecule has 3 N–H and O–H groups in total. The van der Waals surface area contributed by atoms with Crippen molar-refractivity contribution < 1.29 is 4.79 Å². The number of unbranched alkanes of at least 4 members (excludes halogenated alkanes) is 1. The van der Waals surface area contributed by atoms with Gasteiger partial charge in [0.05, 0.1) is 11.9 Å². The first-order valence-electron chi connectivity index (χ1n) is 6.70. The van der Waals surface area contributed by atoms with Gasteiger partial charge >= 0.3 is 0 Å². The first-order chi connectivity index (χ1) is 9.38. The average Bonchev–Trinajstić information content (AvgIpc) is 2.38. The first kappa shape index (κ1) is 16.5. The molecule has 0 aliphatic carbocycles. The van der Waals surface area contributed by atoms with Crippen LogP contribution in [0.5, 0.6) is 0 Å². The van der Waals surface area contributed by atoms with E-state index in [1.54, 1.807) is 0 Å². The van der Waals surface area contributed by atoms with Crippen molar-refractivity contribution in [1.82, 2.24) is 9.78 Å². The number of amides is 1. The van der Waals surface area contributed by atoms with Gasteiger partial charge in [-0.25, -0.2) is 4.68 Å². The molecule has 20 heavy (non-hydrogen) atoms. The van der Waals surface area contributed by atoms with E-state index >= 15 is 0 Å². The Morgan fingerprint density at radius 1 is 1.55 bits per heavy atom. The molecule has 0 radical (unpaired) electrons. The molecule has 0 aliphatic rings. The second-order valence-corrected chi connectivity index (χ2v) is 5.40. The molecule has 112 valence electrons.